The molecule has 4 aromatic carbocycles. The van der Waals surface area contributed by atoms with E-state index in [1.807, 2.05) is 6.07 Å². The van der Waals surface area contributed by atoms with Crippen molar-refractivity contribution in [2.75, 3.05) is 52.6 Å². The largest absolute Gasteiger partial charge is 0.505 e. The molecule has 2 aliphatic heterocycles. The number of benzene rings is 4. The van der Waals surface area contributed by atoms with Gasteiger partial charge in [-0.3, -0.25) is 19.2 Å². The molecule has 8 rings (SSSR count). The highest BCUT2D eigenvalue weighted by atomic mass is 19.4. The van der Waals surface area contributed by atoms with E-state index >= 15 is 0 Å². The van der Waals surface area contributed by atoms with E-state index in [9.17, 15) is 54.3 Å². The zero-order chi connectivity index (χ0) is 63.3. The quantitative estimate of drug-likeness (QED) is 0.0814. The van der Waals surface area contributed by atoms with Crippen LogP contribution in [-0.2, 0) is 44.9 Å². The van der Waals surface area contributed by atoms with E-state index in [1.165, 1.54) is 31.3 Å². The Hall–Kier alpha value is -8.78. The summed E-state index contributed by atoms with van der Waals surface area (Å²) in [6, 6.07) is 19.2. The van der Waals surface area contributed by atoms with Crippen molar-refractivity contribution < 1.29 is 87.8 Å². The second-order valence-corrected chi connectivity index (χ2v) is 21.8. The Bertz CT molecular complexity index is 3390. The van der Waals surface area contributed by atoms with Crippen molar-refractivity contribution in [1.82, 2.24) is 29.4 Å². The van der Waals surface area contributed by atoms with Crippen LogP contribution in [0.25, 0.3) is 22.5 Å². The Kier molecular flexibility index (Phi) is 20.0. The summed E-state index contributed by atoms with van der Waals surface area (Å²) in [5.74, 6) is -4.49. The predicted molar refractivity (Wildman–Crippen MR) is 295 cm³/mol. The van der Waals surface area contributed by atoms with Crippen LogP contribution in [0.4, 0.5) is 46.8 Å². The lowest BCUT2D eigenvalue weighted by Crippen LogP contribution is -2.29. The molecule has 3 amide bonds. The molecule has 4 atom stereocenters. The molecule has 4 N–H and O–H groups in total. The fourth-order valence-electron chi connectivity index (χ4n) is 9.26. The molecule has 0 saturated carbocycles. The molecular formula is C58H66F8N8O11. The number of amides is 3. The second kappa shape index (κ2) is 26.0. The highest BCUT2D eigenvalue weighted by Crippen LogP contribution is 2.38. The number of methoxy groups -OCH3 is 4. The number of alkyl halides is 6. The lowest BCUT2D eigenvalue weighted by atomic mass is 9.97. The van der Waals surface area contributed by atoms with Crippen LogP contribution < -0.4 is 39.5 Å². The minimum absolute atomic E-state index is 0.0271. The zero-order valence-electron chi connectivity index (χ0n) is 48.5. The van der Waals surface area contributed by atoms with E-state index in [-0.39, 0.29) is 74.9 Å². The first-order valence-electron chi connectivity index (χ1n) is 26.2. The van der Waals surface area contributed by atoms with Crippen LogP contribution in [0.3, 0.4) is 0 Å². The van der Waals surface area contributed by atoms with Crippen molar-refractivity contribution in [2.24, 2.45) is 23.7 Å². The van der Waals surface area contributed by atoms with Crippen molar-refractivity contribution in [3.63, 3.8) is 0 Å². The number of aliphatic carboxylic acids is 1. The topological polar surface area (TPSA) is 224 Å². The van der Waals surface area contributed by atoms with E-state index in [0.717, 1.165) is 42.0 Å². The van der Waals surface area contributed by atoms with Gasteiger partial charge in [0.2, 0.25) is 17.7 Å². The average Bonchev–Trinajstić information content (AvgIpc) is 2.51. The van der Waals surface area contributed by atoms with E-state index in [1.54, 1.807) is 105 Å². The van der Waals surface area contributed by atoms with Gasteiger partial charge in [-0.25, -0.2) is 8.78 Å². The minimum atomic E-state index is -4.97. The summed E-state index contributed by atoms with van der Waals surface area (Å²) < 4.78 is 140. The number of carboxylic acid groups (broad SMARTS) is 1. The Morgan fingerprint density at radius 3 is 1.39 bits per heavy atom. The van der Waals surface area contributed by atoms with Gasteiger partial charge in [0.05, 0.1) is 57.6 Å². The number of hydrogen-bond acceptors (Lipinski definition) is 13. The van der Waals surface area contributed by atoms with Gasteiger partial charge in [0.1, 0.15) is 63.2 Å². The van der Waals surface area contributed by atoms with Gasteiger partial charge >= 0.3 is 18.6 Å². The molecule has 2 saturated heterocycles. The molecule has 460 valence electrons. The number of carbonyl (C=O) groups excluding carboxylic acids is 3. The van der Waals surface area contributed by atoms with Crippen LogP contribution in [0.2, 0.25) is 0 Å². The monoisotopic (exact) mass is 1200 g/mol. The molecule has 2 aromatic heterocycles. The molecule has 0 radical (unpaired) electrons. The highest BCUT2D eigenvalue weighted by Gasteiger charge is 2.44. The van der Waals surface area contributed by atoms with Crippen LogP contribution in [0.5, 0.6) is 34.5 Å². The van der Waals surface area contributed by atoms with Crippen molar-refractivity contribution in [3.8, 4) is 57.0 Å². The molecule has 0 unspecified atom stereocenters. The number of likely N-dealkylation sites (tertiary alicyclic amines) is 2. The maximum atomic E-state index is 14.4. The standard InChI is InChI=1S/C29H32F4N4O5.C15H19NO5.C14H15F4N3O/c1-16-22(15-36(27(16)39)14-17-7-8-20(40-5)12-24(17)41-6)26(38)34-25-13-23(37(35-25)29(31,32)33)18-9-19(30)11-21(10-18)42-28(2,3)4;1-9-12(15(18)19)8-16(14(9)17)7-10-4-5-11(20-2)6-13(10)21-3;1-13(2,3)22-10-5-8(4-9(15)6-10)11-7-12(19)20-21(11)14(16,17)18/h7-13,16,22H,14-15H2,1-6H3,(H,34,35,38);4-6,9,12H,7-8H2,1-3H3,(H,18,19);4-7H,1-3H3,(H2,19,20)/t16-,22+;9-,12+;/m11./s1. The number of aromatic nitrogens is 4. The van der Waals surface area contributed by atoms with Crippen molar-refractivity contribution in [2.45, 2.75) is 92.3 Å². The molecule has 2 fully saturated rings. The van der Waals surface area contributed by atoms with E-state index in [0.29, 0.717) is 35.1 Å². The molecule has 6 aromatic rings. The highest BCUT2D eigenvalue weighted by molar-refractivity contribution is 5.98. The molecule has 4 heterocycles. The predicted octanol–water partition coefficient (Wildman–Crippen LogP) is 10.9. The lowest BCUT2D eigenvalue weighted by Gasteiger charge is -2.22. The fraction of sp³-hybridized carbons (Fsp3) is 0.414. The fourth-order valence-corrected chi connectivity index (χ4v) is 9.26. The molecule has 0 spiro atoms. The number of hydrogen-bond donors (Lipinski definition) is 3. The van der Waals surface area contributed by atoms with Gasteiger partial charge in [-0.2, -0.15) is 9.36 Å². The summed E-state index contributed by atoms with van der Waals surface area (Å²) in [5, 5.41) is 18.3. The summed E-state index contributed by atoms with van der Waals surface area (Å²) in [4.78, 5) is 52.5. The Morgan fingerprint density at radius 2 is 1.00 bits per heavy atom. The summed E-state index contributed by atoms with van der Waals surface area (Å²) >= 11 is 0. The lowest BCUT2D eigenvalue weighted by molar-refractivity contribution is -0.211. The van der Waals surface area contributed by atoms with Gasteiger partial charge in [-0.1, -0.05) is 13.8 Å². The van der Waals surface area contributed by atoms with Gasteiger partial charge in [-0.05, 0) is 90.1 Å². The SMILES string of the molecule is CC(C)(C)Oc1cc(F)cc(-c2cc(N)nn2C(F)(F)F)c1.COc1ccc(CN2C[C@H](C(=O)Nc3cc(-c4cc(F)cc(OC(C)(C)C)c4)n(C(F)(F)F)n3)[C@@H](C)C2=O)c(OC)c1.COc1ccc(CN2C[C@H](C(=O)O)[C@@H](C)C2=O)c(OC)c1. The number of nitrogen functional groups attached to an aromatic ring is 1. The second-order valence-electron chi connectivity index (χ2n) is 21.8. The molecule has 0 bridgehead atoms. The van der Waals surface area contributed by atoms with Crippen molar-refractivity contribution in [1.29, 1.82) is 0 Å². The maximum Gasteiger partial charge on any atom is 0.505 e. The Labute approximate surface area is 484 Å². The number of rotatable bonds is 15. The Morgan fingerprint density at radius 1 is 0.588 bits per heavy atom. The van der Waals surface area contributed by atoms with Crippen LogP contribution in [0.1, 0.15) is 66.5 Å². The molecule has 0 aliphatic carbocycles. The molecular weight excluding hydrogens is 1140 g/mol. The number of carboxylic acids is 1. The summed E-state index contributed by atoms with van der Waals surface area (Å²) in [5.41, 5.74) is 4.47. The third-order valence-corrected chi connectivity index (χ3v) is 13.2. The van der Waals surface area contributed by atoms with Crippen molar-refractivity contribution >= 4 is 35.3 Å². The average molecular weight is 1200 g/mol. The molecule has 85 heavy (non-hydrogen) atoms. The third kappa shape index (κ3) is 16.7. The minimum Gasteiger partial charge on any atom is -0.497 e. The Balaban J connectivity index is 0.000000226. The first-order valence-corrected chi connectivity index (χ1v) is 26.2. The van der Waals surface area contributed by atoms with Crippen LogP contribution in [0.15, 0.2) is 84.9 Å². The summed E-state index contributed by atoms with van der Waals surface area (Å²) in [6.45, 7) is 14.4. The van der Waals surface area contributed by atoms with E-state index < -0.39 is 82.5 Å². The molecule has 27 heteroatoms. The zero-order valence-corrected chi connectivity index (χ0v) is 48.5. The normalized spacial score (nSPS) is 17.1. The number of nitrogens with one attached hydrogen (secondary N) is 1. The number of carbonyl (C=O) groups is 4. The number of nitrogens with zero attached hydrogens (tertiary/aromatic N) is 6. The van der Waals surface area contributed by atoms with E-state index in [4.69, 9.17) is 39.3 Å². The molecule has 19 nitrogen and oxygen atoms in total. The summed E-state index contributed by atoms with van der Waals surface area (Å²) in [7, 11) is 6.12. The van der Waals surface area contributed by atoms with Gasteiger partial charge < -0.3 is 54.4 Å². The van der Waals surface area contributed by atoms with Crippen LogP contribution in [-0.4, -0.2) is 111 Å². The van der Waals surface area contributed by atoms with Gasteiger partial charge in [0.25, 0.3) is 0 Å². The first-order chi connectivity index (χ1) is 39.5. The summed E-state index contributed by atoms with van der Waals surface area (Å²) in [6.07, 6.45) is -9.73. The number of nitrogens with two attached hydrogens (primary N) is 1. The first kappa shape index (κ1) is 65.4. The van der Waals surface area contributed by atoms with Crippen LogP contribution >= 0.6 is 0 Å². The smallest absolute Gasteiger partial charge is 0.497 e. The van der Waals surface area contributed by atoms with Gasteiger partial charge in [0, 0.05) is 90.7 Å². The van der Waals surface area contributed by atoms with Crippen LogP contribution in [0, 0.1) is 35.3 Å². The molecule has 2 aliphatic rings. The third-order valence-electron chi connectivity index (χ3n) is 13.2. The van der Waals surface area contributed by atoms with Crippen molar-refractivity contribution in [3.05, 3.63) is 108 Å². The van der Waals surface area contributed by atoms with Gasteiger partial charge in [-0.15, -0.1) is 36.5 Å². The number of ether oxygens (including phenoxy) is 6. The van der Waals surface area contributed by atoms with E-state index in [2.05, 4.69) is 15.5 Å². The maximum absolute atomic E-state index is 14.4. The number of anilines is 2. The number of halogens is 8. The van der Waals surface area contributed by atoms with Gasteiger partial charge in [0.15, 0.2) is 5.82 Å².